The quantitative estimate of drug-likeness (QED) is 0.819. The zero-order valence-electron chi connectivity index (χ0n) is 12.5. The Hall–Kier alpha value is -1.36. The van der Waals surface area contributed by atoms with Gasteiger partial charge in [0, 0.05) is 31.4 Å². The van der Waals surface area contributed by atoms with Crippen LogP contribution in [0.5, 0.6) is 0 Å². The van der Waals surface area contributed by atoms with Gasteiger partial charge in [-0.25, -0.2) is 0 Å². The average Bonchev–Trinajstić information content (AvgIpc) is 2.84. The molecule has 2 unspecified atom stereocenters. The van der Waals surface area contributed by atoms with E-state index in [1.54, 1.807) is 17.1 Å². The van der Waals surface area contributed by atoms with E-state index in [1.807, 2.05) is 11.9 Å². The SMILES string of the molecule is CCCCN(C(=O)C(N)c1cnn(C)c1)C(C)CC. The molecule has 0 spiro atoms. The van der Waals surface area contributed by atoms with E-state index in [1.165, 1.54) is 0 Å². The molecule has 0 bridgehead atoms. The van der Waals surface area contributed by atoms with Crippen LogP contribution in [0.25, 0.3) is 0 Å². The fraction of sp³-hybridized carbons (Fsp3) is 0.714. The van der Waals surface area contributed by atoms with Gasteiger partial charge in [-0.3, -0.25) is 9.48 Å². The van der Waals surface area contributed by atoms with Crippen LogP contribution in [0.2, 0.25) is 0 Å². The van der Waals surface area contributed by atoms with Gasteiger partial charge < -0.3 is 10.6 Å². The Morgan fingerprint density at radius 2 is 2.21 bits per heavy atom. The van der Waals surface area contributed by atoms with Crippen molar-refractivity contribution < 1.29 is 4.79 Å². The second-order valence-electron chi connectivity index (χ2n) is 5.07. The molecule has 1 aromatic rings. The molecule has 2 atom stereocenters. The zero-order chi connectivity index (χ0) is 14.4. The lowest BCUT2D eigenvalue weighted by molar-refractivity contribution is -0.135. The molecule has 108 valence electrons. The summed E-state index contributed by atoms with van der Waals surface area (Å²) in [6.07, 6.45) is 6.49. The Kier molecular flexibility index (Phi) is 6.02. The van der Waals surface area contributed by atoms with Gasteiger partial charge in [0.2, 0.25) is 5.91 Å². The van der Waals surface area contributed by atoms with Crippen molar-refractivity contribution in [2.75, 3.05) is 6.54 Å². The Morgan fingerprint density at radius 3 is 2.68 bits per heavy atom. The van der Waals surface area contributed by atoms with Crippen LogP contribution < -0.4 is 5.73 Å². The van der Waals surface area contributed by atoms with Crippen LogP contribution in [0.3, 0.4) is 0 Å². The molecule has 19 heavy (non-hydrogen) atoms. The van der Waals surface area contributed by atoms with Crippen molar-refractivity contribution in [1.82, 2.24) is 14.7 Å². The van der Waals surface area contributed by atoms with Gasteiger partial charge in [-0.2, -0.15) is 5.10 Å². The summed E-state index contributed by atoms with van der Waals surface area (Å²) in [6, 6.07) is -0.388. The van der Waals surface area contributed by atoms with Crippen LogP contribution in [0.4, 0.5) is 0 Å². The predicted octanol–water partition coefficient (Wildman–Crippen LogP) is 1.85. The van der Waals surface area contributed by atoms with Crippen molar-refractivity contribution in [2.24, 2.45) is 12.8 Å². The minimum atomic E-state index is -0.612. The molecule has 0 saturated heterocycles. The van der Waals surface area contributed by atoms with Crippen molar-refractivity contribution in [2.45, 2.75) is 52.1 Å². The van der Waals surface area contributed by atoms with E-state index in [9.17, 15) is 4.79 Å². The number of amides is 1. The molecule has 0 aliphatic rings. The average molecular weight is 266 g/mol. The number of nitrogens with two attached hydrogens (primary N) is 1. The molecule has 0 fully saturated rings. The normalized spacial score (nSPS) is 14.2. The highest BCUT2D eigenvalue weighted by Gasteiger charge is 2.25. The first-order valence-corrected chi connectivity index (χ1v) is 7.05. The Labute approximate surface area is 115 Å². The van der Waals surface area contributed by atoms with Crippen LogP contribution in [0.15, 0.2) is 12.4 Å². The lowest BCUT2D eigenvalue weighted by Gasteiger charge is -2.30. The van der Waals surface area contributed by atoms with Crippen molar-refractivity contribution in [1.29, 1.82) is 0 Å². The van der Waals surface area contributed by atoms with Gasteiger partial charge in [0.1, 0.15) is 6.04 Å². The number of rotatable bonds is 7. The summed E-state index contributed by atoms with van der Waals surface area (Å²) in [7, 11) is 1.82. The monoisotopic (exact) mass is 266 g/mol. The third-order valence-electron chi connectivity index (χ3n) is 3.51. The summed E-state index contributed by atoms with van der Waals surface area (Å²) >= 11 is 0. The second-order valence-corrected chi connectivity index (χ2v) is 5.07. The molecule has 0 radical (unpaired) electrons. The first kappa shape index (κ1) is 15.7. The highest BCUT2D eigenvalue weighted by atomic mass is 16.2. The number of carbonyl (C=O) groups is 1. The maximum atomic E-state index is 12.5. The van der Waals surface area contributed by atoms with Gasteiger partial charge in [0.25, 0.3) is 0 Å². The zero-order valence-corrected chi connectivity index (χ0v) is 12.5. The summed E-state index contributed by atoms with van der Waals surface area (Å²) in [6.45, 7) is 7.06. The molecule has 5 nitrogen and oxygen atoms in total. The minimum Gasteiger partial charge on any atom is -0.338 e. The van der Waals surface area contributed by atoms with Crippen molar-refractivity contribution in [3.05, 3.63) is 18.0 Å². The maximum absolute atomic E-state index is 12.5. The van der Waals surface area contributed by atoms with E-state index < -0.39 is 6.04 Å². The summed E-state index contributed by atoms with van der Waals surface area (Å²) in [4.78, 5) is 14.4. The molecular weight excluding hydrogens is 240 g/mol. The first-order valence-electron chi connectivity index (χ1n) is 7.05. The molecular formula is C14H26N4O. The second kappa shape index (κ2) is 7.28. The molecule has 5 heteroatoms. The van der Waals surface area contributed by atoms with Crippen molar-refractivity contribution in [3.63, 3.8) is 0 Å². The largest absolute Gasteiger partial charge is 0.338 e. The molecule has 0 aliphatic heterocycles. The number of carbonyl (C=O) groups excluding carboxylic acids is 1. The summed E-state index contributed by atoms with van der Waals surface area (Å²) < 4.78 is 1.67. The molecule has 1 heterocycles. The van der Waals surface area contributed by atoms with Crippen molar-refractivity contribution >= 4 is 5.91 Å². The fourth-order valence-corrected chi connectivity index (χ4v) is 2.02. The third kappa shape index (κ3) is 4.06. The van der Waals surface area contributed by atoms with Crippen LogP contribution in [-0.2, 0) is 11.8 Å². The van der Waals surface area contributed by atoms with Crippen LogP contribution in [-0.4, -0.2) is 33.2 Å². The number of aromatic nitrogens is 2. The van der Waals surface area contributed by atoms with E-state index in [0.717, 1.165) is 31.4 Å². The molecule has 2 N–H and O–H groups in total. The van der Waals surface area contributed by atoms with E-state index in [2.05, 4.69) is 25.9 Å². The summed E-state index contributed by atoms with van der Waals surface area (Å²) in [5, 5.41) is 4.07. The van der Waals surface area contributed by atoms with E-state index in [4.69, 9.17) is 5.73 Å². The lowest BCUT2D eigenvalue weighted by atomic mass is 10.1. The fourth-order valence-electron chi connectivity index (χ4n) is 2.02. The van der Waals surface area contributed by atoms with Gasteiger partial charge in [0.05, 0.1) is 6.20 Å². The maximum Gasteiger partial charge on any atom is 0.244 e. The highest BCUT2D eigenvalue weighted by Crippen LogP contribution is 2.16. The van der Waals surface area contributed by atoms with Gasteiger partial charge in [-0.1, -0.05) is 20.3 Å². The van der Waals surface area contributed by atoms with Gasteiger partial charge in [0.15, 0.2) is 0 Å². The number of hydrogen-bond donors (Lipinski definition) is 1. The molecule has 1 aromatic heterocycles. The number of nitrogens with zero attached hydrogens (tertiary/aromatic N) is 3. The van der Waals surface area contributed by atoms with Crippen molar-refractivity contribution in [3.8, 4) is 0 Å². The summed E-state index contributed by atoms with van der Waals surface area (Å²) in [5.74, 6) is -0.00389. The minimum absolute atomic E-state index is 0.00389. The smallest absolute Gasteiger partial charge is 0.244 e. The lowest BCUT2D eigenvalue weighted by Crippen LogP contribution is -2.44. The van der Waals surface area contributed by atoms with Gasteiger partial charge in [-0.15, -0.1) is 0 Å². The standard InChI is InChI=1S/C14H26N4O/c1-5-7-8-18(11(3)6-2)14(19)13(15)12-9-16-17(4)10-12/h9-11,13H,5-8,15H2,1-4H3. The van der Waals surface area contributed by atoms with Crippen LogP contribution >= 0.6 is 0 Å². The molecule has 1 amide bonds. The third-order valence-corrected chi connectivity index (χ3v) is 3.51. The van der Waals surface area contributed by atoms with Crippen LogP contribution in [0.1, 0.15) is 51.6 Å². The van der Waals surface area contributed by atoms with Gasteiger partial charge >= 0.3 is 0 Å². The molecule has 1 rings (SSSR count). The Balaban J connectivity index is 2.80. The highest BCUT2D eigenvalue weighted by molar-refractivity contribution is 5.83. The topological polar surface area (TPSA) is 64.2 Å². The number of hydrogen-bond acceptors (Lipinski definition) is 3. The number of unbranched alkanes of at least 4 members (excludes halogenated alkanes) is 1. The van der Waals surface area contributed by atoms with Gasteiger partial charge in [-0.05, 0) is 19.8 Å². The predicted molar refractivity (Wildman–Crippen MR) is 76.5 cm³/mol. The molecule has 0 aromatic carbocycles. The summed E-state index contributed by atoms with van der Waals surface area (Å²) in [5.41, 5.74) is 6.85. The van der Waals surface area contributed by atoms with E-state index >= 15 is 0 Å². The van der Waals surface area contributed by atoms with E-state index in [-0.39, 0.29) is 11.9 Å². The molecule has 0 saturated carbocycles. The van der Waals surface area contributed by atoms with Crippen LogP contribution in [0, 0.1) is 0 Å². The Bertz CT molecular complexity index is 402. The molecule has 0 aliphatic carbocycles. The Morgan fingerprint density at radius 1 is 1.53 bits per heavy atom. The number of aryl methyl sites for hydroxylation is 1. The van der Waals surface area contributed by atoms with E-state index in [0.29, 0.717) is 0 Å². The first-order chi connectivity index (χ1) is 9.01.